The summed E-state index contributed by atoms with van der Waals surface area (Å²) in [7, 11) is 0. The molecule has 8 heavy (non-hydrogen) atoms. The monoisotopic (exact) mass is 130 g/mol. The van der Waals surface area contributed by atoms with E-state index in [9.17, 15) is 0 Å². The van der Waals surface area contributed by atoms with Crippen molar-refractivity contribution in [3.63, 3.8) is 0 Å². The number of rotatable bonds is 1. The second kappa shape index (κ2) is 3.36. The molecule has 1 saturated heterocycles. The van der Waals surface area contributed by atoms with E-state index < -0.39 is 0 Å². The first kappa shape index (κ1) is 6.43. The average Bonchev–Trinajstić information content (AvgIpc) is 1.90. The van der Waals surface area contributed by atoms with Gasteiger partial charge in [-0.3, -0.25) is 0 Å². The van der Waals surface area contributed by atoms with Gasteiger partial charge in [0.1, 0.15) is 0 Å². The van der Waals surface area contributed by atoms with Gasteiger partial charge in [0.05, 0.1) is 0 Å². The summed E-state index contributed by atoms with van der Waals surface area (Å²) >= 11 is 4.11. The molecule has 0 aromatic heterocycles. The van der Waals surface area contributed by atoms with E-state index in [2.05, 4.69) is 17.9 Å². The zero-order valence-corrected chi connectivity index (χ0v) is 5.82. The Labute approximate surface area is 56.3 Å². The van der Waals surface area contributed by atoms with Gasteiger partial charge in [0.2, 0.25) is 0 Å². The zero-order valence-electron chi connectivity index (χ0n) is 4.93. The second-order valence-corrected chi connectivity index (χ2v) is 2.53. The van der Waals surface area contributed by atoms with Gasteiger partial charge < -0.3 is 5.32 Å². The van der Waals surface area contributed by atoms with Crippen molar-refractivity contribution in [3.8, 4) is 0 Å². The van der Waals surface area contributed by atoms with Gasteiger partial charge in [-0.25, -0.2) is 0 Å². The minimum Gasteiger partial charge on any atom is -0.317 e. The normalized spacial score (nSPS) is 23.6. The van der Waals surface area contributed by atoms with Crippen LogP contribution in [0.5, 0.6) is 0 Å². The molecule has 47 valence electrons. The molecule has 1 N–H and O–H groups in total. The fourth-order valence-corrected chi connectivity index (χ4v) is 1.29. The van der Waals surface area contributed by atoms with Crippen molar-refractivity contribution < 1.29 is 0 Å². The van der Waals surface area contributed by atoms with Crippen LogP contribution in [0.2, 0.25) is 0 Å². The van der Waals surface area contributed by atoms with Crippen molar-refractivity contribution in [2.75, 3.05) is 13.1 Å². The van der Waals surface area contributed by atoms with Crippen LogP contribution < -0.4 is 5.32 Å². The Balaban J connectivity index is 2.13. The lowest BCUT2D eigenvalue weighted by Crippen LogP contribution is -2.27. The molecule has 0 aliphatic carbocycles. The molecule has 1 rings (SSSR count). The van der Waals surface area contributed by atoms with E-state index in [1.165, 1.54) is 25.9 Å². The SMILES string of the molecule is S[CH]C1CCNCC1. The first-order valence-electron chi connectivity index (χ1n) is 3.12. The fourth-order valence-electron chi connectivity index (χ4n) is 0.993. The molecular weight excluding hydrogens is 118 g/mol. The minimum absolute atomic E-state index is 0.764. The Bertz CT molecular complexity index is 59.5. The van der Waals surface area contributed by atoms with Crippen LogP contribution in [0.4, 0.5) is 0 Å². The topological polar surface area (TPSA) is 12.0 Å². The van der Waals surface area contributed by atoms with E-state index in [1.807, 2.05) is 5.75 Å². The number of nitrogens with one attached hydrogen (secondary N) is 1. The van der Waals surface area contributed by atoms with Crippen LogP contribution in [0.15, 0.2) is 0 Å². The lowest BCUT2D eigenvalue weighted by molar-refractivity contribution is 0.429. The molecule has 0 aromatic carbocycles. The third-order valence-corrected chi connectivity index (χ3v) is 2.02. The van der Waals surface area contributed by atoms with E-state index in [-0.39, 0.29) is 0 Å². The lowest BCUT2D eigenvalue weighted by atomic mass is 10.0. The Morgan fingerprint density at radius 2 is 2.00 bits per heavy atom. The van der Waals surface area contributed by atoms with E-state index >= 15 is 0 Å². The molecule has 0 bridgehead atoms. The maximum atomic E-state index is 4.11. The van der Waals surface area contributed by atoms with Gasteiger partial charge in [0.15, 0.2) is 0 Å². The highest BCUT2D eigenvalue weighted by Crippen LogP contribution is 2.15. The smallest absolute Gasteiger partial charge is 0.0165 e. The van der Waals surface area contributed by atoms with Crippen molar-refractivity contribution >= 4 is 12.6 Å². The second-order valence-electron chi connectivity index (χ2n) is 2.24. The van der Waals surface area contributed by atoms with E-state index in [4.69, 9.17) is 0 Å². The zero-order chi connectivity index (χ0) is 5.82. The van der Waals surface area contributed by atoms with Gasteiger partial charge in [0, 0.05) is 5.75 Å². The molecular formula is C6H12NS. The number of hydrogen-bond acceptors (Lipinski definition) is 2. The highest BCUT2D eigenvalue weighted by molar-refractivity contribution is 7.82. The molecule has 0 atom stereocenters. The third-order valence-electron chi connectivity index (χ3n) is 1.59. The van der Waals surface area contributed by atoms with Crippen molar-refractivity contribution in [1.82, 2.24) is 5.32 Å². The minimum atomic E-state index is 0.764. The molecule has 0 amide bonds. The molecule has 2 heteroatoms. The predicted molar refractivity (Wildman–Crippen MR) is 38.9 cm³/mol. The standard InChI is InChI=1S/C6H12NS/c8-5-6-1-3-7-4-2-6/h5-8H,1-4H2. The summed E-state index contributed by atoms with van der Waals surface area (Å²) in [6.07, 6.45) is 2.53. The van der Waals surface area contributed by atoms with E-state index in [0.717, 1.165) is 5.92 Å². The number of hydrogen-bond donors (Lipinski definition) is 2. The van der Waals surface area contributed by atoms with Gasteiger partial charge in [-0.1, -0.05) is 0 Å². The molecule has 1 aliphatic rings. The van der Waals surface area contributed by atoms with Gasteiger partial charge in [-0.2, -0.15) is 12.6 Å². The highest BCUT2D eigenvalue weighted by atomic mass is 32.1. The summed E-state index contributed by atoms with van der Waals surface area (Å²) in [5.41, 5.74) is 0. The Kier molecular flexibility index (Phi) is 2.70. The molecule has 1 aliphatic heterocycles. The van der Waals surface area contributed by atoms with Crippen LogP contribution in [-0.4, -0.2) is 13.1 Å². The predicted octanol–water partition coefficient (Wildman–Crippen LogP) is 1.08. The molecule has 0 spiro atoms. The van der Waals surface area contributed by atoms with Crippen molar-refractivity contribution in [2.24, 2.45) is 5.92 Å². The van der Waals surface area contributed by atoms with Crippen molar-refractivity contribution in [3.05, 3.63) is 5.75 Å². The van der Waals surface area contributed by atoms with Crippen molar-refractivity contribution in [1.29, 1.82) is 0 Å². The summed E-state index contributed by atoms with van der Waals surface area (Å²) in [6.45, 7) is 2.34. The fraction of sp³-hybridized carbons (Fsp3) is 0.833. The van der Waals surface area contributed by atoms with Gasteiger partial charge in [-0.15, -0.1) is 0 Å². The van der Waals surface area contributed by atoms with Gasteiger partial charge >= 0.3 is 0 Å². The first-order valence-corrected chi connectivity index (χ1v) is 3.63. The summed E-state index contributed by atoms with van der Waals surface area (Å²) in [5, 5.41) is 3.30. The molecule has 1 heterocycles. The van der Waals surface area contributed by atoms with Crippen LogP contribution in [0.1, 0.15) is 12.8 Å². The van der Waals surface area contributed by atoms with Crippen LogP contribution >= 0.6 is 12.6 Å². The Morgan fingerprint density at radius 3 is 2.38 bits per heavy atom. The van der Waals surface area contributed by atoms with Crippen LogP contribution in [0.3, 0.4) is 0 Å². The van der Waals surface area contributed by atoms with Gasteiger partial charge in [-0.05, 0) is 31.8 Å². The van der Waals surface area contributed by atoms with Crippen LogP contribution in [0, 0.1) is 11.7 Å². The lowest BCUT2D eigenvalue weighted by Gasteiger charge is -2.19. The maximum absolute atomic E-state index is 4.11. The number of thiol groups is 1. The Hall–Kier alpha value is 0.310. The molecule has 1 radical (unpaired) electrons. The van der Waals surface area contributed by atoms with Gasteiger partial charge in [0.25, 0.3) is 0 Å². The largest absolute Gasteiger partial charge is 0.317 e. The molecule has 1 nitrogen and oxygen atoms in total. The highest BCUT2D eigenvalue weighted by Gasteiger charge is 2.09. The number of piperidine rings is 1. The quantitative estimate of drug-likeness (QED) is 0.506. The van der Waals surface area contributed by atoms with Crippen molar-refractivity contribution in [2.45, 2.75) is 12.8 Å². The maximum Gasteiger partial charge on any atom is 0.0165 e. The average molecular weight is 130 g/mol. The summed E-state index contributed by atoms with van der Waals surface area (Å²) < 4.78 is 0. The van der Waals surface area contributed by atoms with E-state index in [1.54, 1.807) is 0 Å². The molecule has 1 fully saturated rings. The molecule has 0 aromatic rings. The Morgan fingerprint density at radius 1 is 1.38 bits per heavy atom. The first-order chi connectivity index (χ1) is 3.93. The summed E-state index contributed by atoms with van der Waals surface area (Å²) in [4.78, 5) is 0. The molecule has 0 saturated carbocycles. The molecule has 0 unspecified atom stereocenters. The third kappa shape index (κ3) is 1.67. The summed E-state index contributed by atoms with van der Waals surface area (Å²) in [6, 6.07) is 0. The van der Waals surface area contributed by atoms with Crippen LogP contribution in [-0.2, 0) is 0 Å². The van der Waals surface area contributed by atoms with E-state index in [0.29, 0.717) is 0 Å². The summed E-state index contributed by atoms with van der Waals surface area (Å²) in [5.74, 6) is 2.78. The van der Waals surface area contributed by atoms with Crippen LogP contribution in [0.25, 0.3) is 0 Å².